The molecule has 1 aromatic rings. The number of halogens is 1. The third kappa shape index (κ3) is 2.52. The molecule has 0 aliphatic heterocycles. The molecule has 0 bridgehead atoms. The summed E-state index contributed by atoms with van der Waals surface area (Å²) in [5, 5.41) is 0. The minimum Gasteiger partial charge on any atom is -0.322 e. The molecule has 72 valence electrons. The van der Waals surface area contributed by atoms with Crippen LogP contribution in [0.4, 0.5) is 4.39 Å². The van der Waals surface area contributed by atoms with Crippen LogP contribution in [0.5, 0.6) is 0 Å². The summed E-state index contributed by atoms with van der Waals surface area (Å²) < 4.78 is 12.2. The normalized spacial score (nSPS) is 13.3. The summed E-state index contributed by atoms with van der Waals surface area (Å²) in [6.07, 6.45) is 0. The van der Waals surface area contributed by atoms with Crippen LogP contribution in [0.1, 0.15) is 36.9 Å². The number of hydrogen-bond donors (Lipinski definition) is 1. The van der Waals surface area contributed by atoms with Gasteiger partial charge >= 0.3 is 0 Å². The van der Waals surface area contributed by atoms with Crippen LogP contribution in [0, 0.1) is 0 Å². The van der Waals surface area contributed by atoms with Gasteiger partial charge in [-0.1, -0.05) is 38.1 Å². The Morgan fingerprint density at radius 3 is 2.00 bits per heavy atom. The molecular formula is C11H16FN. The Labute approximate surface area is 78.8 Å². The molecule has 0 saturated carbocycles. The molecule has 0 saturated heterocycles. The molecule has 1 atom stereocenters. The van der Waals surface area contributed by atoms with E-state index in [1.165, 1.54) is 5.56 Å². The van der Waals surface area contributed by atoms with Gasteiger partial charge in [-0.3, -0.25) is 0 Å². The van der Waals surface area contributed by atoms with Gasteiger partial charge in [0.25, 0.3) is 0 Å². The van der Waals surface area contributed by atoms with E-state index in [-0.39, 0.29) is 0 Å². The molecule has 1 aromatic carbocycles. The third-order valence-electron chi connectivity index (χ3n) is 2.20. The van der Waals surface area contributed by atoms with Gasteiger partial charge in [0.2, 0.25) is 0 Å². The maximum absolute atomic E-state index is 12.2. The Morgan fingerprint density at radius 1 is 1.15 bits per heavy atom. The topological polar surface area (TPSA) is 26.0 Å². The average molecular weight is 181 g/mol. The molecule has 0 amide bonds. The molecule has 0 aliphatic carbocycles. The number of benzene rings is 1. The summed E-state index contributed by atoms with van der Waals surface area (Å²) in [5.41, 5.74) is 7.67. The smallest absolute Gasteiger partial charge is 0.109 e. The lowest BCUT2D eigenvalue weighted by atomic mass is 10.00. The van der Waals surface area contributed by atoms with Crippen molar-refractivity contribution in [1.82, 2.24) is 0 Å². The first-order chi connectivity index (χ1) is 6.15. The average Bonchev–Trinajstić information content (AvgIpc) is 2.17. The lowest BCUT2D eigenvalue weighted by Crippen LogP contribution is -2.11. The maximum Gasteiger partial charge on any atom is 0.109 e. The molecule has 1 nitrogen and oxygen atoms in total. The fourth-order valence-electron chi connectivity index (χ4n) is 1.22. The minimum absolute atomic E-state index is 0.471. The summed E-state index contributed by atoms with van der Waals surface area (Å²) in [5.74, 6) is 0.510. The van der Waals surface area contributed by atoms with Crippen LogP contribution in [0.15, 0.2) is 24.3 Å². The molecule has 2 heteroatoms. The molecule has 13 heavy (non-hydrogen) atoms. The first-order valence-corrected chi connectivity index (χ1v) is 4.56. The molecule has 0 aliphatic rings. The molecule has 0 heterocycles. The number of rotatable bonds is 3. The fraction of sp³-hybridized carbons (Fsp3) is 0.455. The number of hydrogen-bond acceptors (Lipinski definition) is 1. The second kappa shape index (κ2) is 4.38. The van der Waals surface area contributed by atoms with Gasteiger partial charge in [0.15, 0.2) is 0 Å². The largest absolute Gasteiger partial charge is 0.322 e. The Balaban J connectivity index is 2.81. The van der Waals surface area contributed by atoms with Gasteiger partial charge in [0.1, 0.15) is 6.67 Å². The van der Waals surface area contributed by atoms with Gasteiger partial charge in [-0.05, 0) is 17.0 Å². The highest BCUT2D eigenvalue weighted by Gasteiger charge is 2.05. The summed E-state index contributed by atoms with van der Waals surface area (Å²) in [7, 11) is 0. The van der Waals surface area contributed by atoms with Gasteiger partial charge in [-0.25, -0.2) is 4.39 Å². The lowest BCUT2D eigenvalue weighted by molar-refractivity contribution is 0.437. The maximum atomic E-state index is 12.2. The highest BCUT2D eigenvalue weighted by atomic mass is 19.1. The Bertz CT molecular complexity index is 253. The summed E-state index contributed by atoms with van der Waals surface area (Å²) in [4.78, 5) is 0. The summed E-state index contributed by atoms with van der Waals surface area (Å²) >= 11 is 0. The van der Waals surface area contributed by atoms with E-state index in [9.17, 15) is 4.39 Å². The predicted octanol–water partition coefficient (Wildman–Crippen LogP) is 2.78. The van der Waals surface area contributed by atoms with Crippen molar-refractivity contribution in [2.24, 2.45) is 5.73 Å². The van der Waals surface area contributed by atoms with E-state index in [4.69, 9.17) is 5.73 Å². The second-order valence-electron chi connectivity index (χ2n) is 3.58. The van der Waals surface area contributed by atoms with Gasteiger partial charge in [0.05, 0.1) is 6.04 Å². The fourth-order valence-corrected chi connectivity index (χ4v) is 1.22. The Morgan fingerprint density at radius 2 is 1.62 bits per heavy atom. The van der Waals surface area contributed by atoms with Crippen LogP contribution in [0.3, 0.4) is 0 Å². The van der Waals surface area contributed by atoms with Crippen molar-refractivity contribution in [3.63, 3.8) is 0 Å². The van der Waals surface area contributed by atoms with Crippen LogP contribution in [0.25, 0.3) is 0 Å². The quantitative estimate of drug-likeness (QED) is 0.762. The van der Waals surface area contributed by atoms with E-state index >= 15 is 0 Å². The molecule has 0 aromatic heterocycles. The zero-order valence-corrected chi connectivity index (χ0v) is 8.13. The van der Waals surface area contributed by atoms with Crippen molar-refractivity contribution in [2.75, 3.05) is 6.67 Å². The van der Waals surface area contributed by atoms with E-state index in [0.29, 0.717) is 5.92 Å². The highest BCUT2D eigenvalue weighted by Crippen LogP contribution is 2.17. The molecule has 0 radical (unpaired) electrons. The summed E-state index contributed by atoms with van der Waals surface area (Å²) in [6.45, 7) is 3.76. The van der Waals surface area contributed by atoms with Crippen molar-refractivity contribution >= 4 is 0 Å². The molecule has 0 fully saturated rings. The van der Waals surface area contributed by atoms with Crippen molar-refractivity contribution in [2.45, 2.75) is 25.8 Å². The van der Waals surface area contributed by atoms with Gasteiger partial charge in [-0.15, -0.1) is 0 Å². The van der Waals surface area contributed by atoms with Crippen molar-refractivity contribution in [1.29, 1.82) is 0 Å². The number of alkyl halides is 1. The SMILES string of the molecule is CC(C)c1ccc([C@@H](N)CF)cc1. The first kappa shape index (κ1) is 10.2. The van der Waals surface area contributed by atoms with Crippen LogP contribution in [-0.4, -0.2) is 6.67 Å². The molecule has 1 rings (SSSR count). The molecule has 0 spiro atoms. The van der Waals surface area contributed by atoms with Gasteiger partial charge in [-0.2, -0.15) is 0 Å². The van der Waals surface area contributed by atoms with Crippen LogP contribution in [0.2, 0.25) is 0 Å². The van der Waals surface area contributed by atoms with E-state index in [1.807, 2.05) is 24.3 Å². The van der Waals surface area contributed by atoms with Crippen molar-refractivity contribution in [3.8, 4) is 0 Å². The van der Waals surface area contributed by atoms with E-state index in [0.717, 1.165) is 5.56 Å². The molecular weight excluding hydrogens is 165 g/mol. The van der Waals surface area contributed by atoms with Crippen molar-refractivity contribution in [3.05, 3.63) is 35.4 Å². The van der Waals surface area contributed by atoms with E-state index < -0.39 is 12.7 Å². The Kier molecular flexibility index (Phi) is 3.43. The first-order valence-electron chi connectivity index (χ1n) is 4.56. The van der Waals surface area contributed by atoms with E-state index in [1.54, 1.807) is 0 Å². The standard InChI is InChI=1S/C11H16FN/c1-8(2)9-3-5-10(6-4-9)11(13)7-12/h3-6,8,11H,7,13H2,1-2H3/t11-/m0/s1. The van der Waals surface area contributed by atoms with E-state index in [2.05, 4.69) is 13.8 Å². The lowest BCUT2D eigenvalue weighted by Gasteiger charge is -2.09. The van der Waals surface area contributed by atoms with Gasteiger partial charge in [0, 0.05) is 0 Å². The van der Waals surface area contributed by atoms with Gasteiger partial charge < -0.3 is 5.73 Å². The number of nitrogens with two attached hydrogens (primary N) is 1. The Hall–Kier alpha value is -0.890. The minimum atomic E-state index is -0.499. The zero-order valence-electron chi connectivity index (χ0n) is 8.13. The summed E-state index contributed by atoms with van der Waals surface area (Å²) in [6, 6.07) is 7.35. The second-order valence-corrected chi connectivity index (χ2v) is 3.58. The van der Waals surface area contributed by atoms with Crippen molar-refractivity contribution < 1.29 is 4.39 Å². The highest BCUT2D eigenvalue weighted by molar-refractivity contribution is 5.26. The predicted molar refractivity (Wildman–Crippen MR) is 53.4 cm³/mol. The molecule has 2 N–H and O–H groups in total. The zero-order chi connectivity index (χ0) is 9.84. The van der Waals surface area contributed by atoms with Crippen LogP contribution < -0.4 is 5.73 Å². The monoisotopic (exact) mass is 181 g/mol. The molecule has 0 unspecified atom stereocenters. The van der Waals surface area contributed by atoms with Crippen LogP contribution >= 0.6 is 0 Å². The third-order valence-corrected chi connectivity index (χ3v) is 2.20. The van der Waals surface area contributed by atoms with Crippen LogP contribution in [-0.2, 0) is 0 Å².